The summed E-state index contributed by atoms with van der Waals surface area (Å²) in [6.07, 6.45) is 3.59. The van der Waals surface area contributed by atoms with Crippen LogP contribution in [-0.4, -0.2) is 36.5 Å². The van der Waals surface area contributed by atoms with Crippen molar-refractivity contribution in [2.24, 2.45) is 5.92 Å². The maximum atomic E-state index is 12.8. The first-order chi connectivity index (χ1) is 15.0. The molecule has 2 aromatic rings. The third-order valence-electron chi connectivity index (χ3n) is 5.44. The summed E-state index contributed by atoms with van der Waals surface area (Å²) in [5, 5.41) is 4.26. The van der Waals surface area contributed by atoms with Gasteiger partial charge in [0.15, 0.2) is 0 Å². The molecule has 0 saturated carbocycles. The minimum atomic E-state index is -0.340. The van der Waals surface area contributed by atoms with Crippen molar-refractivity contribution in [1.82, 2.24) is 4.90 Å². The first kappa shape index (κ1) is 23.6. The van der Waals surface area contributed by atoms with Crippen molar-refractivity contribution in [2.75, 3.05) is 25.0 Å². The second kappa shape index (κ2) is 11.5. The maximum absolute atomic E-state index is 12.8. The summed E-state index contributed by atoms with van der Waals surface area (Å²) in [7, 11) is 0. The van der Waals surface area contributed by atoms with Gasteiger partial charge in [-0.1, -0.05) is 42.6 Å². The predicted molar refractivity (Wildman–Crippen MR) is 125 cm³/mol. The lowest BCUT2D eigenvalue weighted by atomic mass is 9.96. The van der Waals surface area contributed by atoms with E-state index >= 15 is 0 Å². The zero-order valence-corrected chi connectivity index (χ0v) is 19.2. The number of anilines is 1. The van der Waals surface area contributed by atoms with Crippen molar-refractivity contribution in [3.05, 3.63) is 63.6 Å². The van der Waals surface area contributed by atoms with Gasteiger partial charge < -0.3 is 10.1 Å². The molecule has 0 radical (unpaired) electrons. The normalized spacial score (nSPS) is 16.7. The SMILES string of the molecule is CCCCOC(=O)c1ccc(NC(=O)C2CCCN(Cc3c(Cl)cccc3Cl)C2)cc1. The van der Waals surface area contributed by atoms with Crippen molar-refractivity contribution >= 4 is 40.8 Å². The summed E-state index contributed by atoms with van der Waals surface area (Å²) in [6, 6.07) is 12.3. The number of hydrogen-bond donors (Lipinski definition) is 1. The molecule has 31 heavy (non-hydrogen) atoms. The number of rotatable bonds is 8. The summed E-state index contributed by atoms with van der Waals surface area (Å²) in [5.74, 6) is -0.477. The zero-order valence-electron chi connectivity index (χ0n) is 17.7. The largest absolute Gasteiger partial charge is 0.462 e. The number of carbonyl (C=O) groups is 2. The smallest absolute Gasteiger partial charge is 0.338 e. The van der Waals surface area contributed by atoms with Gasteiger partial charge >= 0.3 is 5.97 Å². The number of piperidine rings is 1. The number of halogens is 2. The van der Waals surface area contributed by atoms with Crippen LogP contribution in [0.5, 0.6) is 0 Å². The van der Waals surface area contributed by atoms with Gasteiger partial charge in [0.05, 0.1) is 18.1 Å². The first-order valence-electron chi connectivity index (χ1n) is 10.7. The molecule has 1 amide bonds. The third-order valence-corrected chi connectivity index (χ3v) is 6.15. The van der Waals surface area contributed by atoms with Gasteiger partial charge in [0.25, 0.3) is 0 Å². The van der Waals surface area contributed by atoms with Crippen LogP contribution in [-0.2, 0) is 16.1 Å². The molecular weight excluding hydrogens is 435 g/mol. The Kier molecular flexibility index (Phi) is 8.76. The molecule has 1 fully saturated rings. The Morgan fingerprint density at radius 1 is 1.13 bits per heavy atom. The van der Waals surface area contributed by atoms with E-state index in [2.05, 4.69) is 10.2 Å². The molecule has 1 unspecified atom stereocenters. The number of amides is 1. The lowest BCUT2D eigenvalue weighted by Crippen LogP contribution is -2.40. The molecule has 1 atom stereocenters. The molecular formula is C24H28Cl2N2O3. The van der Waals surface area contributed by atoms with Crippen molar-refractivity contribution < 1.29 is 14.3 Å². The number of esters is 1. The van der Waals surface area contributed by atoms with E-state index in [1.54, 1.807) is 24.3 Å². The molecule has 0 aromatic heterocycles. The van der Waals surface area contributed by atoms with Crippen LogP contribution in [0.1, 0.15) is 48.5 Å². The Morgan fingerprint density at radius 2 is 1.84 bits per heavy atom. The fourth-order valence-corrected chi connectivity index (χ4v) is 4.16. The molecule has 5 nitrogen and oxygen atoms in total. The molecule has 1 saturated heterocycles. The minimum absolute atomic E-state index is 0.0202. The molecule has 166 valence electrons. The molecule has 1 aliphatic rings. The van der Waals surface area contributed by atoms with E-state index in [1.807, 2.05) is 25.1 Å². The van der Waals surface area contributed by atoms with Crippen molar-refractivity contribution in [1.29, 1.82) is 0 Å². The zero-order chi connectivity index (χ0) is 22.2. The number of nitrogens with zero attached hydrogens (tertiary/aromatic N) is 1. The van der Waals surface area contributed by atoms with Crippen LogP contribution >= 0.6 is 23.2 Å². The van der Waals surface area contributed by atoms with Crippen LogP contribution in [0.25, 0.3) is 0 Å². The van der Waals surface area contributed by atoms with Crippen molar-refractivity contribution in [2.45, 2.75) is 39.2 Å². The van der Waals surface area contributed by atoms with Crippen LogP contribution in [0.15, 0.2) is 42.5 Å². The standard InChI is InChI=1S/C24H28Cl2N2O3/c1-2-3-14-31-24(30)17-9-11-19(12-10-17)27-23(29)18-6-5-13-28(15-18)16-20-21(25)7-4-8-22(20)26/h4,7-12,18H,2-3,5-6,13-16H2,1H3,(H,27,29). The highest BCUT2D eigenvalue weighted by atomic mass is 35.5. The summed E-state index contributed by atoms with van der Waals surface area (Å²) < 4.78 is 5.21. The van der Waals surface area contributed by atoms with Crippen LogP contribution in [0.2, 0.25) is 10.0 Å². The van der Waals surface area contributed by atoms with Gasteiger partial charge in [0.1, 0.15) is 0 Å². The van der Waals surface area contributed by atoms with Gasteiger partial charge in [-0.15, -0.1) is 0 Å². The monoisotopic (exact) mass is 462 g/mol. The van der Waals surface area contributed by atoms with E-state index in [9.17, 15) is 9.59 Å². The van der Waals surface area contributed by atoms with E-state index in [0.717, 1.165) is 37.8 Å². The molecule has 0 spiro atoms. The summed E-state index contributed by atoms with van der Waals surface area (Å²) >= 11 is 12.6. The lowest BCUT2D eigenvalue weighted by molar-refractivity contribution is -0.121. The number of unbranched alkanes of at least 4 members (excludes halogenated alkanes) is 1. The Morgan fingerprint density at radius 3 is 2.52 bits per heavy atom. The highest BCUT2D eigenvalue weighted by molar-refractivity contribution is 6.35. The van der Waals surface area contributed by atoms with Crippen molar-refractivity contribution in [3.8, 4) is 0 Å². The quantitative estimate of drug-likeness (QED) is 0.397. The van der Waals surface area contributed by atoms with Crippen molar-refractivity contribution in [3.63, 3.8) is 0 Å². The molecule has 0 aliphatic carbocycles. The maximum Gasteiger partial charge on any atom is 0.338 e. The number of hydrogen-bond acceptors (Lipinski definition) is 4. The number of likely N-dealkylation sites (tertiary alicyclic amines) is 1. The van der Waals surface area contributed by atoms with Crippen LogP contribution in [0.4, 0.5) is 5.69 Å². The summed E-state index contributed by atoms with van der Waals surface area (Å²) in [5.41, 5.74) is 2.05. The first-order valence-corrected chi connectivity index (χ1v) is 11.5. The molecule has 3 rings (SSSR count). The average molecular weight is 463 g/mol. The number of nitrogens with one attached hydrogen (secondary N) is 1. The highest BCUT2D eigenvalue weighted by Crippen LogP contribution is 2.28. The van der Waals surface area contributed by atoms with Crippen LogP contribution in [0.3, 0.4) is 0 Å². The minimum Gasteiger partial charge on any atom is -0.462 e. The van der Waals surface area contributed by atoms with Gasteiger partial charge in [-0.3, -0.25) is 9.69 Å². The topological polar surface area (TPSA) is 58.6 Å². The number of carbonyl (C=O) groups excluding carboxylic acids is 2. The second-order valence-corrected chi connectivity index (χ2v) is 8.64. The highest BCUT2D eigenvalue weighted by Gasteiger charge is 2.26. The lowest BCUT2D eigenvalue weighted by Gasteiger charge is -2.32. The van der Waals surface area contributed by atoms with E-state index in [-0.39, 0.29) is 17.8 Å². The van der Waals surface area contributed by atoms with Gasteiger partial charge in [-0.2, -0.15) is 0 Å². The number of benzene rings is 2. The van der Waals surface area contributed by atoms with Gasteiger partial charge in [-0.25, -0.2) is 4.79 Å². The number of ether oxygens (including phenoxy) is 1. The molecule has 7 heteroatoms. The van der Waals surface area contributed by atoms with E-state index < -0.39 is 0 Å². The fourth-order valence-electron chi connectivity index (χ4n) is 3.65. The van der Waals surface area contributed by atoms with E-state index in [1.165, 1.54) is 0 Å². The van der Waals surface area contributed by atoms with Crippen LogP contribution in [0, 0.1) is 5.92 Å². The second-order valence-electron chi connectivity index (χ2n) is 7.83. The van der Waals surface area contributed by atoms with E-state index in [0.29, 0.717) is 41.0 Å². The Bertz CT molecular complexity index is 882. The van der Waals surface area contributed by atoms with Gasteiger partial charge in [0, 0.05) is 34.4 Å². The predicted octanol–water partition coefficient (Wildman–Crippen LogP) is 5.80. The molecule has 2 aromatic carbocycles. The van der Waals surface area contributed by atoms with Gasteiger partial charge in [0.2, 0.25) is 5.91 Å². The molecule has 1 aliphatic heterocycles. The average Bonchev–Trinajstić information content (AvgIpc) is 2.77. The Labute approximate surface area is 193 Å². The van der Waals surface area contributed by atoms with Gasteiger partial charge in [-0.05, 0) is 62.2 Å². The van der Waals surface area contributed by atoms with Crippen LogP contribution < -0.4 is 5.32 Å². The fraction of sp³-hybridized carbons (Fsp3) is 0.417. The molecule has 1 N–H and O–H groups in total. The third kappa shape index (κ3) is 6.70. The van der Waals surface area contributed by atoms with E-state index in [4.69, 9.17) is 27.9 Å². The summed E-state index contributed by atoms with van der Waals surface area (Å²) in [6.45, 7) is 4.64. The Hall–Kier alpha value is -2.08. The summed E-state index contributed by atoms with van der Waals surface area (Å²) in [4.78, 5) is 27.0. The molecule has 1 heterocycles. The molecule has 0 bridgehead atoms. The Balaban J connectivity index is 1.54.